The maximum absolute atomic E-state index is 11.0. The minimum absolute atomic E-state index is 0.294. The zero-order valence-electron chi connectivity index (χ0n) is 9.15. The molecule has 0 spiro atoms. The normalized spacial score (nSPS) is 10.4. The molecule has 0 aliphatic rings. The molecule has 4 nitrogen and oxygen atoms in total. The lowest BCUT2D eigenvalue weighted by Gasteiger charge is -2.15. The number of methoxy groups -OCH3 is 1. The molecule has 1 aromatic carbocycles. The Bertz CT molecular complexity index is 361. The first-order chi connectivity index (χ1) is 7.06. The lowest BCUT2D eigenvalue weighted by Crippen LogP contribution is -2.15. The lowest BCUT2D eigenvalue weighted by molar-refractivity contribution is 0.0694. The summed E-state index contributed by atoms with van der Waals surface area (Å²) in [6, 6.07) is 5.04. The van der Waals surface area contributed by atoms with Gasteiger partial charge < -0.3 is 14.7 Å². The van der Waals surface area contributed by atoms with E-state index >= 15 is 0 Å². The van der Waals surface area contributed by atoms with Crippen LogP contribution in [0.1, 0.15) is 15.9 Å². The molecule has 1 N–H and O–H groups in total. The van der Waals surface area contributed by atoms with Gasteiger partial charge in [-0.2, -0.15) is 0 Å². The molecule has 0 amide bonds. The van der Waals surface area contributed by atoms with Crippen LogP contribution in [-0.4, -0.2) is 37.2 Å². The fraction of sp³-hybridized carbons (Fsp3) is 0.364. The van der Waals surface area contributed by atoms with Crippen LogP contribution >= 0.6 is 0 Å². The van der Waals surface area contributed by atoms with E-state index in [2.05, 4.69) is 0 Å². The third kappa shape index (κ3) is 2.70. The number of aromatic carboxylic acids is 1. The molecule has 82 valence electrons. The van der Waals surface area contributed by atoms with Gasteiger partial charge in [-0.1, -0.05) is 6.07 Å². The molecule has 0 saturated heterocycles. The monoisotopic (exact) mass is 209 g/mol. The van der Waals surface area contributed by atoms with E-state index in [1.807, 2.05) is 19.0 Å². The van der Waals surface area contributed by atoms with Crippen molar-refractivity contribution in [1.29, 1.82) is 0 Å². The highest BCUT2D eigenvalue weighted by molar-refractivity contribution is 5.90. The van der Waals surface area contributed by atoms with Crippen molar-refractivity contribution in [3.05, 3.63) is 29.3 Å². The van der Waals surface area contributed by atoms with Crippen molar-refractivity contribution >= 4 is 5.97 Å². The molecule has 0 saturated carbocycles. The highest BCUT2D eigenvalue weighted by Gasteiger charge is 2.14. The number of carbonyl (C=O) groups is 1. The Morgan fingerprint density at radius 3 is 2.60 bits per heavy atom. The molecule has 1 rings (SSSR count). The van der Waals surface area contributed by atoms with Crippen molar-refractivity contribution in [3.63, 3.8) is 0 Å². The van der Waals surface area contributed by atoms with Crippen LogP contribution in [0.4, 0.5) is 0 Å². The molecule has 0 heterocycles. The Labute approximate surface area is 89.1 Å². The molecule has 0 aromatic heterocycles. The lowest BCUT2D eigenvalue weighted by atomic mass is 10.1. The van der Waals surface area contributed by atoms with Gasteiger partial charge >= 0.3 is 5.97 Å². The van der Waals surface area contributed by atoms with Crippen LogP contribution in [0.25, 0.3) is 0 Å². The topological polar surface area (TPSA) is 49.8 Å². The highest BCUT2D eigenvalue weighted by Crippen LogP contribution is 2.23. The number of carboxylic acid groups (broad SMARTS) is 1. The molecular formula is C11H15NO3. The fourth-order valence-corrected chi connectivity index (χ4v) is 1.44. The van der Waals surface area contributed by atoms with Crippen molar-refractivity contribution < 1.29 is 14.6 Å². The highest BCUT2D eigenvalue weighted by atomic mass is 16.5. The van der Waals surface area contributed by atoms with Crippen LogP contribution in [0.3, 0.4) is 0 Å². The van der Waals surface area contributed by atoms with E-state index in [9.17, 15) is 4.79 Å². The van der Waals surface area contributed by atoms with E-state index in [1.54, 1.807) is 25.3 Å². The summed E-state index contributed by atoms with van der Waals surface area (Å²) < 4.78 is 5.15. The van der Waals surface area contributed by atoms with Gasteiger partial charge in [0.25, 0.3) is 0 Å². The summed E-state index contributed by atoms with van der Waals surface area (Å²) >= 11 is 0. The van der Waals surface area contributed by atoms with Crippen LogP contribution in [0, 0.1) is 0 Å². The van der Waals surface area contributed by atoms with Gasteiger partial charge in [0, 0.05) is 12.1 Å². The molecule has 0 aliphatic heterocycles. The molecule has 15 heavy (non-hydrogen) atoms. The standard InChI is InChI=1S/C11H15NO3/c1-12(2)7-9-8(11(13)14)5-4-6-10(9)15-3/h4-6H,7H2,1-3H3,(H,13,14). The number of hydrogen-bond acceptors (Lipinski definition) is 3. The summed E-state index contributed by atoms with van der Waals surface area (Å²) in [6.45, 7) is 0.547. The van der Waals surface area contributed by atoms with E-state index in [1.165, 1.54) is 0 Å². The second kappa shape index (κ2) is 4.79. The van der Waals surface area contributed by atoms with Gasteiger partial charge in [0.2, 0.25) is 0 Å². The smallest absolute Gasteiger partial charge is 0.336 e. The molecule has 0 radical (unpaired) electrons. The molecule has 0 fully saturated rings. The van der Waals surface area contributed by atoms with Gasteiger partial charge in [-0.15, -0.1) is 0 Å². The molecule has 0 unspecified atom stereocenters. The first-order valence-corrected chi connectivity index (χ1v) is 4.60. The summed E-state index contributed by atoms with van der Waals surface area (Å²) in [5, 5.41) is 9.02. The van der Waals surface area contributed by atoms with Crippen molar-refractivity contribution in [2.24, 2.45) is 0 Å². The Morgan fingerprint density at radius 2 is 2.13 bits per heavy atom. The second-order valence-electron chi connectivity index (χ2n) is 3.53. The van der Waals surface area contributed by atoms with Crippen molar-refractivity contribution in [2.45, 2.75) is 6.54 Å². The number of benzene rings is 1. The van der Waals surface area contributed by atoms with Crippen LogP contribution in [-0.2, 0) is 6.54 Å². The summed E-state index contributed by atoms with van der Waals surface area (Å²) in [6.07, 6.45) is 0. The number of hydrogen-bond donors (Lipinski definition) is 1. The van der Waals surface area contributed by atoms with Gasteiger partial charge in [-0.05, 0) is 26.2 Å². The molecule has 0 atom stereocenters. The Balaban J connectivity index is 3.20. The maximum Gasteiger partial charge on any atom is 0.336 e. The third-order valence-electron chi connectivity index (χ3n) is 2.06. The van der Waals surface area contributed by atoms with Gasteiger partial charge in [0.05, 0.1) is 12.7 Å². The van der Waals surface area contributed by atoms with Crippen molar-refractivity contribution in [3.8, 4) is 5.75 Å². The number of rotatable bonds is 4. The summed E-state index contributed by atoms with van der Waals surface area (Å²) in [4.78, 5) is 12.9. The van der Waals surface area contributed by atoms with Crippen molar-refractivity contribution in [1.82, 2.24) is 4.90 Å². The molecular weight excluding hydrogens is 194 g/mol. The number of nitrogens with zero attached hydrogens (tertiary/aromatic N) is 1. The average molecular weight is 209 g/mol. The predicted molar refractivity (Wildman–Crippen MR) is 57.3 cm³/mol. The fourth-order valence-electron chi connectivity index (χ4n) is 1.44. The Hall–Kier alpha value is -1.55. The van der Waals surface area contributed by atoms with Gasteiger partial charge in [-0.25, -0.2) is 4.79 Å². The third-order valence-corrected chi connectivity index (χ3v) is 2.06. The zero-order chi connectivity index (χ0) is 11.4. The number of carboxylic acids is 1. The molecule has 1 aromatic rings. The minimum Gasteiger partial charge on any atom is -0.496 e. The second-order valence-corrected chi connectivity index (χ2v) is 3.53. The van der Waals surface area contributed by atoms with Crippen LogP contribution in [0.5, 0.6) is 5.75 Å². The van der Waals surface area contributed by atoms with Crippen molar-refractivity contribution in [2.75, 3.05) is 21.2 Å². The first-order valence-electron chi connectivity index (χ1n) is 4.60. The Morgan fingerprint density at radius 1 is 1.47 bits per heavy atom. The SMILES string of the molecule is COc1cccc(C(=O)O)c1CN(C)C. The predicted octanol–water partition coefficient (Wildman–Crippen LogP) is 1.45. The van der Waals surface area contributed by atoms with Gasteiger partial charge in [0.1, 0.15) is 5.75 Å². The van der Waals surface area contributed by atoms with E-state index in [0.29, 0.717) is 23.4 Å². The summed E-state index contributed by atoms with van der Waals surface area (Å²) in [7, 11) is 5.32. The zero-order valence-corrected chi connectivity index (χ0v) is 9.15. The van der Waals surface area contributed by atoms with E-state index in [4.69, 9.17) is 9.84 Å². The van der Waals surface area contributed by atoms with Gasteiger partial charge in [-0.3, -0.25) is 0 Å². The Kier molecular flexibility index (Phi) is 3.68. The molecule has 4 heteroatoms. The molecule has 0 aliphatic carbocycles. The van der Waals surface area contributed by atoms with E-state index < -0.39 is 5.97 Å². The number of ether oxygens (including phenoxy) is 1. The van der Waals surface area contributed by atoms with Crippen LogP contribution in [0.2, 0.25) is 0 Å². The quantitative estimate of drug-likeness (QED) is 0.815. The summed E-state index contributed by atoms with van der Waals surface area (Å²) in [5.41, 5.74) is 1.00. The van der Waals surface area contributed by atoms with Crippen LogP contribution in [0.15, 0.2) is 18.2 Å². The summed E-state index contributed by atoms with van der Waals surface area (Å²) in [5.74, 6) is -0.311. The largest absolute Gasteiger partial charge is 0.496 e. The van der Waals surface area contributed by atoms with Gasteiger partial charge in [0.15, 0.2) is 0 Å². The van der Waals surface area contributed by atoms with Crippen LogP contribution < -0.4 is 4.74 Å². The first kappa shape index (κ1) is 11.5. The minimum atomic E-state index is -0.925. The van der Waals surface area contributed by atoms with E-state index in [-0.39, 0.29) is 0 Å². The van der Waals surface area contributed by atoms with E-state index in [0.717, 1.165) is 0 Å². The maximum atomic E-state index is 11.0. The average Bonchev–Trinajstić information content (AvgIpc) is 2.16. The molecule has 0 bridgehead atoms.